The summed E-state index contributed by atoms with van der Waals surface area (Å²) in [5, 5.41) is 7.76. The van der Waals surface area contributed by atoms with Gasteiger partial charge in [0.15, 0.2) is 5.82 Å². The van der Waals surface area contributed by atoms with Crippen molar-refractivity contribution in [3.8, 4) is 17.1 Å². The van der Waals surface area contributed by atoms with Gasteiger partial charge < -0.3 is 4.57 Å². The zero-order valence-electron chi connectivity index (χ0n) is 14.6. The summed E-state index contributed by atoms with van der Waals surface area (Å²) in [6.07, 6.45) is 5.19. The van der Waals surface area contributed by atoms with Crippen LogP contribution in [0.4, 0.5) is 0 Å². The lowest BCUT2D eigenvalue weighted by Crippen LogP contribution is -2.05. The summed E-state index contributed by atoms with van der Waals surface area (Å²) in [5.74, 6) is 1.75. The van der Waals surface area contributed by atoms with Gasteiger partial charge in [-0.3, -0.25) is 9.31 Å². The van der Waals surface area contributed by atoms with E-state index in [1.807, 2.05) is 47.2 Å². The Bertz CT molecular complexity index is 1070. The molecule has 7 heteroatoms. The van der Waals surface area contributed by atoms with E-state index in [-0.39, 0.29) is 0 Å². The van der Waals surface area contributed by atoms with E-state index in [1.54, 1.807) is 6.20 Å². The summed E-state index contributed by atoms with van der Waals surface area (Å²) >= 11 is 0. The molecule has 3 heterocycles. The van der Waals surface area contributed by atoms with Crippen LogP contribution in [0.2, 0.25) is 0 Å². The molecule has 0 amide bonds. The van der Waals surface area contributed by atoms with Crippen molar-refractivity contribution in [3.05, 3.63) is 55.1 Å². The highest BCUT2D eigenvalue weighted by Gasteiger charge is 2.11. The smallest absolute Gasteiger partial charge is 0.155 e. The number of aromatic amines is 1. The Labute approximate surface area is 153 Å². The fourth-order valence-corrected chi connectivity index (χ4v) is 4.11. The quantitative estimate of drug-likeness (QED) is 0.586. The minimum atomic E-state index is -1.02. The molecule has 4 rings (SSSR count). The Hall–Kier alpha value is -2.80. The lowest BCUT2D eigenvalue weighted by molar-refractivity contribution is 0.664. The van der Waals surface area contributed by atoms with Crippen LogP contribution in [-0.2, 0) is 10.8 Å². The van der Waals surface area contributed by atoms with Gasteiger partial charge in [-0.15, -0.1) is 0 Å². The molecule has 26 heavy (non-hydrogen) atoms. The molecule has 0 aliphatic carbocycles. The molecule has 6 nitrogen and oxygen atoms in total. The second-order valence-corrected chi connectivity index (χ2v) is 8.06. The lowest BCUT2D eigenvalue weighted by atomic mass is 10.2. The molecular weight excluding hydrogens is 346 g/mol. The molecule has 4 aromatic rings. The van der Waals surface area contributed by atoms with Crippen molar-refractivity contribution < 1.29 is 4.21 Å². The van der Waals surface area contributed by atoms with E-state index in [0.717, 1.165) is 33.0 Å². The van der Waals surface area contributed by atoms with Gasteiger partial charge in [-0.1, -0.05) is 26.0 Å². The molecule has 132 valence electrons. The number of hydrogen-bond acceptors (Lipinski definition) is 4. The van der Waals surface area contributed by atoms with Crippen molar-refractivity contribution in [3.63, 3.8) is 0 Å². The highest BCUT2D eigenvalue weighted by atomic mass is 32.2. The van der Waals surface area contributed by atoms with E-state index in [9.17, 15) is 4.21 Å². The van der Waals surface area contributed by atoms with Crippen molar-refractivity contribution in [2.45, 2.75) is 18.7 Å². The van der Waals surface area contributed by atoms with Crippen molar-refractivity contribution in [2.75, 3.05) is 5.75 Å². The fourth-order valence-electron chi connectivity index (χ4n) is 2.88. The van der Waals surface area contributed by atoms with E-state index >= 15 is 0 Å². The van der Waals surface area contributed by atoms with Crippen molar-refractivity contribution in [1.82, 2.24) is 24.7 Å². The molecule has 0 saturated carbocycles. The Morgan fingerprint density at radius 3 is 2.85 bits per heavy atom. The second-order valence-electron chi connectivity index (χ2n) is 6.56. The van der Waals surface area contributed by atoms with Crippen LogP contribution in [-0.4, -0.2) is 34.7 Å². The predicted octanol–water partition coefficient (Wildman–Crippen LogP) is 3.57. The van der Waals surface area contributed by atoms with Crippen LogP contribution in [0.25, 0.3) is 28.1 Å². The molecule has 0 aliphatic rings. The van der Waals surface area contributed by atoms with Crippen molar-refractivity contribution >= 4 is 21.8 Å². The number of H-pyrrole nitrogens is 1. The normalized spacial score (nSPS) is 12.7. The largest absolute Gasteiger partial charge is 0.301 e. The average Bonchev–Trinajstić information content (AvgIpc) is 3.30. The Balaban J connectivity index is 1.72. The van der Waals surface area contributed by atoms with E-state index in [0.29, 0.717) is 11.7 Å². The van der Waals surface area contributed by atoms with Gasteiger partial charge in [0.05, 0.1) is 15.7 Å². The Morgan fingerprint density at radius 2 is 2.08 bits per heavy atom. The number of pyridine rings is 1. The van der Waals surface area contributed by atoms with Crippen molar-refractivity contribution in [2.24, 2.45) is 5.92 Å². The van der Waals surface area contributed by atoms with Crippen LogP contribution in [0.5, 0.6) is 0 Å². The standard InChI is InChI=1S/C19H19N5OS/c1-13(2)11-26(25)17-9-15-6-7-24(19(15)20-10-17)16-5-3-4-14(8-16)18-21-12-22-23-18/h3-10,12-13H,11H2,1-2H3,(H,21,22,23). The van der Waals surface area contributed by atoms with Crippen LogP contribution in [0.3, 0.4) is 0 Å². The number of nitrogens with zero attached hydrogens (tertiary/aromatic N) is 4. The monoisotopic (exact) mass is 365 g/mol. The Morgan fingerprint density at radius 1 is 1.19 bits per heavy atom. The van der Waals surface area contributed by atoms with Gasteiger partial charge in [-0.2, -0.15) is 5.10 Å². The summed E-state index contributed by atoms with van der Waals surface area (Å²) in [7, 11) is -1.02. The number of hydrogen-bond donors (Lipinski definition) is 1. The van der Waals surface area contributed by atoms with Gasteiger partial charge in [0.25, 0.3) is 0 Å². The third-order valence-corrected chi connectivity index (χ3v) is 5.78. The third-order valence-electron chi connectivity index (χ3n) is 4.06. The Kier molecular flexibility index (Phi) is 4.38. The second kappa shape index (κ2) is 6.84. The molecule has 0 aliphatic heterocycles. The summed E-state index contributed by atoms with van der Waals surface area (Å²) in [5.41, 5.74) is 2.78. The zero-order valence-corrected chi connectivity index (χ0v) is 15.4. The summed E-state index contributed by atoms with van der Waals surface area (Å²) in [4.78, 5) is 9.55. The third kappa shape index (κ3) is 3.17. The molecule has 0 radical (unpaired) electrons. The van der Waals surface area contributed by atoms with Gasteiger partial charge in [-0.05, 0) is 30.2 Å². The highest BCUT2D eigenvalue weighted by molar-refractivity contribution is 7.85. The maximum absolute atomic E-state index is 12.4. The molecule has 0 spiro atoms. The number of rotatable bonds is 5. The number of nitrogens with one attached hydrogen (secondary N) is 1. The first-order valence-electron chi connectivity index (χ1n) is 8.43. The molecule has 1 N–H and O–H groups in total. The van der Waals surface area contributed by atoms with E-state index in [4.69, 9.17) is 0 Å². The van der Waals surface area contributed by atoms with Gasteiger partial charge in [0.2, 0.25) is 0 Å². The van der Waals surface area contributed by atoms with E-state index in [2.05, 4.69) is 34.0 Å². The molecule has 1 unspecified atom stereocenters. The molecule has 3 aromatic heterocycles. The number of benzene rings is 1. The van der Waals surface area contributed by atoms with Crippen LogP contribution in [0.15, 0.2) is 60.0 Å². The highest BCUT2D eigenvalue weighted by Crippen LogP contribution is 2.24. The summed E-state index contributed by atoms with van der Waals surface area (Å²) in [6, 6.07) is 12.0. The van der Waals surface area contributed by atoms with Crippen LogP contribution in [0, 0.1) is 5.92 Å². The summed E-state index contributed by atoms with van der Waals surface area (Å²) in [6.45, 7) is 4.14. The predicted molar refractivity (Wildman–Crippen MR) is 103 cm³/mol. The minimum Gasteiger partial charge on any atom is -0.301 e. The molecular formula is C19H19N5OS. The maximum Gasteiger partial charge on any atom is 0.155 e. The molecule has 0 fully saturated rings. The van der Waals surface area contributed by atoms with Crippen LogP contribution >= 0.6 is 0 Å². The van der Waals surface area contributed by atoms with Gasteiger partial charge >= 0.3 is 0 Å². The first-order valence-corrected chi connectivity index (χ1v) is 9.75. The number of aromatic nitrogens is 5. The molecule has 0 bridgehead atoms. The van der Waals surface area contributed by atoms with Crippen molar-refractivity contribution in [1.29, 1.82) is 0 Å². The maximum atomic E-state index is 12.4. The first-order chi connectivity index (χ1) is 12.6. The minimum absolute atomic E-state index is 0.384. The molecule has 1 aromatic carbocycles. The van der Waals surface area contributed by atoms with Gasteiger partial charge in [0, 0.05) is 34.8 Å². The number of fused-ring (bicyclic) bond motifs is 1. The average molecular weight is 365 g/mol. The van der Waals surface area contributed by atoms with Crippen LogP contribution in [0.1, 0.15) is 13.8 Å². The summed E-state index contributed by atoms with van der Waals surface area (Å²) < 4.78 is 14.4. The van der Waals surface area contributed by atoms with Crippen LogP contribution < -0.4 is 0 Å². The topological polar surface area (TPSA) is 76.5 Å². The van der Waals surface area contributed by atoms with Gasteiger partial charge in [-0.25, -0.2) is 9.97 Å². The SMILES string of the molecule is CC(C)CS(=O)c1cnc2c(ccn2-c2cccc(-c3ncn[nH]3)c2)c1. The first kappa shape index (κ1) is 16.7. The van der Waals surface area contributed by atoms with E-state index < -0.39 is 10.8 Å². The zero-order chi connectivity index (χ0) is 18.1. The fraction of sp³-hybridized carbons (Fsp3) is 0.211. The molecule has 0 saturated heterocycles. The molecule has 1 atom stereocenters. The lowest BCUT2D eigenvalue weighted by Gasteiger charge is -2.08. The van der Waals surface area contributed by atoms with Gasteiger partial charge in [0.1, 0.15) is 12.0 Å². The van der Waals surface area contributed by atoms with E-state index in [1.165, 1.54) is 6.33 Å².